The van der Waals surface area contributed by atoms with Gasteiger partial charge in [0.05, 0.1) is 18.7 Å². The smallest absolute Gasteiger partial charge is 0.421 e. The number of halogens is 3. The Morgan fingerprint density at radius 1 is 1.28 bits per heavy atom. The molecule has 0 aliphatic carbocycles. The number of pyridine rings is 1. The third-order valence-corrected chi connectivity index (χ3v) is 3.22. The van der Waals surface area contributed by atoms with E-state index in [0.29, 0.717) is 19.0 Å². The molecule has 0 saturated heterocycles. The molecular formula is C16H25F3N4O2. The molecule has 1 aromatic rings. The molecule has 1 rings (SSSR count). The summed E-state index contributed by atoms with van der Waals surface area (Å²) < 4.78 is 49.0. The van der Waals surface area contributed by atoms with E-state index in [1.807, 2.05) is 20.8 Å². The summed E-state index contributed by atoms with van der Waals surface area (Å²) in [6, 6.07) is 2.16. The van der Waals surface area contributed by atoms with Crippen LogP contribution in [0.4, 0.5) is 13.2 Å². The average molecular weight is 362 g/mol. The van der Waals surface area contributed by atoms with Gasteiger partial charge in [0.1, 0.15) is 12.2 Å². The van der Waals surface area contributed by atoms with Gasteiger partial charge < -0.3 is 20.1 Å². The Hall–Kier alpha value is -2.03. The number of methoxy groups -OCH3 is 1. The van der Waals surface area contributed by atoms with Gasteiger partial charge in [-0.3, -0.25) is 4.99 Å². The van der Waals surface area contributed by atoms with Crippen molar-refractivity contribution in [1.29, 1.82) is 0 Å². The van der Waals surface area contributed by atoms with Crippen LogP contribution in [0.3, 0.4) is 0 Å². The summed E-state index contributed by atoms with van der Waals surface area (Å²) in [5.74, 6) is 0.104. The van der Waals surface area contributed by atoms with Crippen LogP contribution in [-0.4, -0.2) is 49.9 Å². The van der Waals surface area contributed by atoms with Gasteiger partial charge >= 0.3 is 6.18 Å². The minimum atomic E-state index is -4.50. The van der Waals surface area contributed by atoms with E-state index in [1.54, 1.807) is 7.11 Å². The molecule has 1 aromatic heterocycles. The van der Waals surface area contributed by atoms with E-state index < -0.39 is 23.2 Å². The number of nitrogens with zero attached hydrogens (tertiary/aromatic N) is 2. The first-order valence-electron chi connectivity index (χ1n) is 7.92. The van der Waals surface area contributed by atoms with Gasteiger partial charge in [0.15, 0.2) is 5.96 Å². The fourth-order valence-electron chi connectivity index (χ4n) is 1.71. The molecule has 0 bridgehead atoms. The van der Waals surface area contributed by atoms with E-state index >= 15 is 0 Å². The minimum absolute atomic E-state index is 0.0121. The summed E-state index contributed by atoms with van der Waals surface area (Å²) >= 11 is 0. The lowest BCUT2D eigenvalue weighted by Gasteiger charge is -2.21. The first-order valence-corrected chi connectivity index (χ1v) is 7.92. The number of nitrogens with one attached hydrogen (secondary N) is 2. The molecule has 0 aliphatic heterocycles. The number of hydrogen-bond donors (Lipinski definition) is 2. The Morgan fingerprint density at radius 2 is 2.00 bits per heavy atom. The van der Waals surface area contributed by atoms with Gasteiger partial charge in [0.2, 0.25) is 5.88 Å². The first kappa shape index (κ1) is 21.0. The Labute approximate surface area is 145 Å². The van der Waals surface area contributed by atoms with Crippen LogP contribution in [0.1, 0.15) is 26.3 Å². The molecule has 0 atom stereocenters. The summed E-state index contributed by atoms with van der Waals surface area (Å²) in [5, 5.41) is 6.04. The van der Waals surface area contributed by atoms with Crippen molar-refractivity contribution in [3.63, 3.8) is 0 Å². The zero-order valence-corrected chi connectivity index (χ0v) is 14.9. The van der Waals surface area contributed by atoms with E-state index in [-0.39, 0.29) is 13.2 Å². The Kier molecular flexibility index (Phi) is 7.95. The third kappa shape index (κ3) is 7.59. The predicted molar refractivity (Wildman–Crippen MR) is 89.8 cm³/mol. The molecule has 2 N–H and O–H groups in total. The van der Waals surface area contributed by atoms with Crippen LogP contribution in [0.25, 0.3) is 0 Å². The van der Waals surface area contributed by atoms with Crippen molar-refractivity contribution in [3.8, 4) is 5.88 Å². The van der Waals surface area contributed by atoms with Crippen molar-refractivity contribution in [2.24, 2.45) is 4.99 Å². The lowest BCUT2D eigenvalue weighted by atomic mass is 10.1. The number of ether oxygens (including phenoxy) is 2. The normalized spacial score (nSPS) is 12.8. The molecule has 142 valence electrons. The first-order chi connectivity index (χ1) is 11.7. The number of alkyl halides is 3. The van der Waals surface area contributed by atoms with Crippen LogP contribution in [0.5, 0.6) is 5.88 Å². The van der Waals surface area contributed by atoms with Gasteiger partial charge in [-0.15, -0.1) is 0 Å². The van der Waals surface area contributed by atoms with E-state index in [2.05, 4.69) is 20.6 Å². The maximum Gasteiger partial charge on any atom is 0.421 e. The highest BCUT2D eigenvalue weighted by atomic mass is 19.4. The van der Waals surface area contributed by atoms with Gasteiger partial charge in [-0.1, -0.05) is 0 Å². The molecule has 0 radical (unpaired) electrons. The standard InChI is InChI=1S/C16H25F3N4O2/c1-5-20-14(23-11-15(2,3)24-4)22-9-10-25-13-12(16(17,18)19)7-6-8-21-13/h6-8H,5,9-11H2,1-4H3,(H2,20,22,23). The Balaban J connectivity index is 2.57. The van der Waals surface area contributed by atoms with Crippen LogP contribution in [0.15, 0.2) is 23.3 Å². The fourth-order valence-corrected chi connectivity index (χ4v) is 1.71. The average Bonchev–Trinajstić information content (AvgIpc) is 2.56. The molecule has 0 fully saturated rings. The van der Waals surface area contributed by atoms with Gasteiger partial charge in [0.25, 0.3) is 0 Å². The monoisotopic (exact) mass is 362 g/mol. The van der Waals surface area contributed by atoms with E-state index in [1.165, 1.54) is 12.3 Å². The molecule has 0 spiro atoms. The quantitative estimate of drug-likeness (QED) is 0.422. The van der Waals surface area contributed by atoms with Crippen molar-refractivity contribution in [3.05, 3.63) is 23.9 Å². The topological polar surface area (TPSA) is 67.8 Å². The molecule has 0 unspecified atom stereocenters. The van der Waals surface area contributed by atoms with Gasteiger partial charge in [-0.2, -0.15) is 13.2 Å². The van der Waals surface area contributed by atoms with Crippen LogP contribution in [0.2, 0.25) is 0 Å². The SMILES string of the molecule is CCNC(=NCC(C)(C)OC)NCCOc1ncccc1C(F)(F)F. The van der Waals surface area contributed by atoms with Crippen molar-refractivity contribution in [1.82, 2.24) is 15.6 Å². The van der Waals surface area contributed by atoms with Crippen LogP contribution in [0, 0.1) is 0 Å². The summed E-state index contributed by atoms with van der Waals surface area (Å²) in [5.41, 5.74) is -1.30. The van der Waals surface area contributed by atoms with Crippen molar-refractivity contribution < 1.29 is 22.6 Å². The Morgan fingerprint density at radius 3 is 2.60 bits per heavy atom. The molecule has 0 aliphatic rings. The molecule has 1 heterocycles. The van der Waals surface area contributed by atoms with E-state index in [0.717, 1.165) is 6.07 Å². The maximum atomic E-state index is 12.9. The van der Waals surface area contributed by atoms with Crippen LogP contribution < -0.4 is 15.4 Å². The Bertz CT molecular complexity index is 563. The van der Waals surface area contributed by atoms with E-state index in [4.69, 9.17) is 9.47 Å². The zero-order valence-electron chi connectivity index (χ0n) is 14.9. The van der Waals surface area contributed by atoms with Crippen molar-refractivity contribution in [2.75, 3.05) is 33.4 Å². The van der Waals surface area contributed by atoms with Crippen molar-refractivity contribution >= 4 is 5.96 Å². The second-order valence-electron chi connectivity index (χ2n) is 5.79. The van der Waals surface area contributed by atoms with Gasteiger partial charge in [0, 0.05) is 19.9 Å². The number of rotatable bonds is 8. The molecule has 0 aromatic carbocycles. The highest BCUT2D eigenvalue weighted by Crippen LogP contribution is 2.34. The van der Waals surface area contributed by atoms with Crippen molar-refractivity contribution in [2.45, 2.75) is 32.5 Å². The predicted octanol–water partition coefficient (Wildman–Crippen LogP) is 2.46. The van der Waals surface area contributed by atoms with Crippen LogP contribution >= 0.6 is 0 Å². The second-order valence-corrected chi connectivity index (χ2v) is 5.79. The molecule has 0 saturated carbocycles. The number of hydrogen-bond acceptors (Lipinski definition) is 4. The van der Waals surface area contributed by atoms with Crippen LogP contribution in [-0.2, 0) is 10.9 Å². The number of aliphatic imine (C=N–C) groups is 1. The van der Waals surface area contributed by atoms with Gasteiger partial charge in [-0.25, -0.2) is 4.98 Å². The third-order valence-electron chi connectivity index (χ3n) is 3.22. The largest absolute Gasteiger partial charge is 0.475 e. The highest BCUT2D eigenvalue weighted by Gasteiger charge is 2.34. The summed E-state index contributed by atoms with van der Waals surface area (Å²) in [4.78, 5) is 8.02. The number of aromatic nitrogens is 1. The lowest BCUT2D eigenvalue weighted by Crippen LogP contribution is -2.40. The number of guanidine groups is 1. The highest BCUT2D eigenvalue weighted by molar-refractivity contribution is 5.79. The second kappa shape index (κ2) is 9.45. The zero-order chi connectivity index (χ0) is 18.9. The lowest BCUT2D eigenvalue weighted by molar-refractivity contribution is -0.139. The summed E-state index contributed by atoms with van der Waals surface area (Å²) in [7, 11) is 1.61. The maximum absolute atomic E-state index is 12.9. The molecule has 25 heavy (non-hydrogen) atoms. The molecule has 6 nitrogen and oxygen atoms in total. The van der Waals surface area contributed by atoms with E-state index in [9.17, 15) is 13.2 Å². The van der Waals surface area contributed by atoms with Gasteiger partial charge in [-0.05, 0) is 32.9 Å². The fraction of sp³-hybridized carbons (Fsp3) is 0.625. The molecular weight excluding hydrogens is 337 g/mol. The molecule has 9 heteroatoms. The summed E-state index contributed by atoms with van der Waals surface area (Å²) in [6.45, 7) is 7.09. The minimum Gasteiger partial charge on any atom is -0.475 e. The molecule has 0 amide bonds. The summed E-state index contributed by atoms with van der Waals surface area (Å²) in [6.07, 6.45) is -3.24.